The molecule has 0 unspecified atom stereocenters. The molecule has 0 radical (unpaired) electrons. The number of pyridine rings is 2. The molecule has 2 aromatic carbocycles. The topological polar surface area (TPSA) is 65.8 Å². The summed E-state index contributed by atoms with van der Waals surface area (Å²) in [5, 5.41) is 4.33. The lowest BCUT2D eigenvalue weighted by atomic mass is 9.98. The summed E-state index contributed by atoms with van der Waals surface area (Å²) in [6.07, 6.45) is 3.66. The third-order valence-electron chi connectivity index (χ3n) is 4.72. The van der Waals surface area contributed by atoms with E-state index in [4.69, 9.17) is 0 Å². The quantitative estimate of drug-likeness (QED) is 0.426. The van der Waals surface area contributed by atoms with Gasteiger partial charge in [0.2, 0.25) is 0 Å². The Morgan fingerprint density at radius 1 is 0.929 bits per heavy atom. The zero-order valence-corrected chi connectivity index (χ0v) is 15.7. The van der Waals surface area contributed by atoms with Gasteiger partial charge in [-0.15, -0.1) is 0 Å². The van der Waals surface area contributed by atoms with E-state index in [1.54, 1.807) is 30.3 Å². The van der Waals surface area contributed by atoms with E-state index in [0.29, 0.717) is 27.7 Å². The number of hydrogen-bond donors (Lipinski definition) is 2. The molecule has 0 aliphatic heterocycles. The van der Waals surface area contributed by atoms with Crippen molar-refractivity contribution in [1.29, 1.82) is 0 Å². The number of nitrogens with one attached hydrogen (secondary N) is 2. The molecule has 5 nitrogen and oxygen atoms in total. The molecule has 2 heterocycles. The Hall–Kier alpha value is -3.73. The first-order chi connectivity index (χ1) is 13.5. The second kappa shape index (κ2) is 7.12. The summed E-state index contributed by atoms with van der Waals surface area (Å²) in [6, 6.07) is 18.5. The summed E-state index contributed by atoms with van der Waals surface area (Å²) in [6.45, 7) is 2.01. The molecule has 5 heteroatoms. The van der Waals surface area contributed by atoms with Crippen LogP contribution < -0.4 is 15.4 Å². The van der Waals surface area contributed by atoms with Crippen LogP contribution in [0.5, 0.6) is 0 Å². The molecule has 0 aliphatic rings. The van der Waals surface area contributed by atoms with Gasteiger partial charge in [-0.1, -0.05) is 35.9 Å². The van der Waals surface area contributed by atoms with Gasteiger partial charge in [-0.05, 0) is 25.1 Å². The van der Waals surface area contributed by atoms with Crippen molar-refractivity contribution in [3.8, 4) is 0 Å². The molecule has 138 valence electrons. The molecule has 28 heavy (non-hydrogen) atoms. The summed E-state index contributed by atoms with van der Waals surface area (Å²) >= 11 is 0. The SMILES string of the molecule is Cc1ccc(Nc2[nH]c(=O)c3ccccc3c2C(=O)c2cc[n+](C)cc2)cc1. The summed E-state index contributed by atoms with van der Waals surface area (Å²) in [7, 11) is 1.90. The van der Waals surface area contributed by atoms with E-state index in [2.05, 4.69) is 10.3 Å². The van der Waals surface area contributed by atoms with E-state index in [1.165, 1.54) is 0 Å². The monoisotopic (exact) mass is 370 g/mol. The molecule has 0 bridgehead atoms. The first-order valence-corrected chi connectivity index (χ1v) is 9.01. The molecular weight excluding hydrogens is 350 g/mol. The van der Waals surface area contributed by atoms with Crippen LogP contribution in [-0.4, -0.2) is 10.8 Å². The molecule has 0 spiro atoms. The van der Waals surface area contributed by atoms with Crippen molar-refractivity contribution < 1.29 is 9.36 Å². The van der Waals surface area contributed by atoms with Crippen LogP contribution in [0.15, 0.2) is 77.9 Å². The van der Waals surface area contributed by atoms with Gasteiger partial charge < -0.3 is 10.3 Å². The maximum absolute atomic E-state index is 13.4. The summed E-state index contributed by atoms with van der Waals surface area (Å²) in [5.41, 5.74) is 2.70. The van der Waals surface area contributed by atoms with E-state index in [-0.39, 0.29) is 11.3 Å². The Morgan fingerprint density at radius 3 is 2.25 bits per heavy atom. The molecule has 0 amide bonds. The van der Waals surface area contributed by atoms with Crippen molar-refractivity contribution in [2.75, 3.05) is 5.32 Å². The van der Waals surface area contributed by atoms with Gasteiger partial charge in [0.05, 0.1) is 5.56 Å². The third-order valence-corrected chi connectivity index (χ3v) is 4.72. The Morgan fingerprint density at radius 2 is 1.57 bits per heavy atom. The molecule has 2 N–H and O–H groups in total. The van der Waals surface area contributed by atoms with Crippen LogP contribution in [0.2, 0.25) is 0 Å². The van der Waals surface area contributed by atoms with Crippen molar-refractivity contribution in [3.05, 3.63) is 100 Å². The van der Waals surface area contributed by atoms with E-state index < -0.39 is 0 Å². The lowest BCUT2D eigenvalue weighted by Crippen LogP contribution is -2.26. The van der Waals surface area contributed by atoms with Crippen LogP contribution >= 0.6 is 0 Å². The van der Waals surface area contributed by atoms with Crippen LogP contribution in [0.3, 0.4) is 0 Å². The second-order valence-corrected chi connectivity index (χ2v) is 6.82. The number of fused-ring (bicyclic) bond motifs is 1. The highest BCUT2D eigenvalue weighted by atomic mass is 16.1. The summed E-state index contributed by atoms with van der Waals surface area (Å²) in [5.74, 6) is 0.244. The highest BCUT2D eigenvalue weighted by molar-refractivity contribution is 6.19. The molecule has 0 aliphatic carbocycles. The first kappa shape index (κ1) is 17.7. The number of anilines is 2. The fourth-order valence-corrected chi connectivity index (χ4v) is 3.18. The van der Waals surface area contributed by atoms with Gasteiger partial charge in [-0.2, -0.15) is 0 Å². The average Bonchev–Trinajstić information content (AvgIpc) is 2.70. The number of nitrogens with zero attached hydrogens (tertiary/aromatic N) is 1. The zero-order valence-electron chi connectivity index (χ0n) is 15.7. The van der Waals surface area contributed by atoms with Crippen molar-refractivity contribution in [3.63, 3.8) is 0 Å². The van der Waals surface area contributed by atoms with E-state index >= 15 is 0 Å². The number of rotatable bonds is 4. The zero-order chi connectivity index (χ0) is 19.7. The Labute approximate surface area is 162 Å². The van der Waals surface area contributed by atoms with Crippen LogP contribution in [-0.2, 0) is 7.05 Å². The standard InChI is InChI=1S/C23H19N3O2/c1-15-7-9-17(10-8-15)24-22-20(21(27)16-11-13-26(2)14-12-16)18-5-3-4-6-19(18)23(28)25-22/h3-14H,1-2H3,(H-,24,25,27,28)/p+1. The first-order valence-electron chi connectivity index (χ1n) is 9.01. The largest absolute Gasteiger partial charge is 0.341 e. The Balaban J connectivity index is 1.92. The summed E-state index contributed by atoms with van der Waals surface area (Å²) < 4.78 is 1.87. The number of hydrogen-bond acceptors (Lipinski definition) is 3. The van der Waals surface area contributed by atoms with Gasteiger partial charge in [0.25, 0.3) is 5.56 Å². The normalized spacial score (nSPS) is 10.8. The fraction of sp³-hybridized carbons (Fsp3) is 0.0870. The Bertz CT molecular complexity index is 1220. The van der Waals surface area contributed by atoms with Crippen LogP contribution in [0.25, 0.3) is 10.8 Å². The fourth-order valence-electron chi connectivity index (χ4n) is 3.18. The average molecular weight is 370 g/mol. The van der Waals surface area contributed by atoms with Crippen LogP contribution in [0.4, 0.5) is 11.5 Å². The van der Waals surface area contributed by atoms with Gasteiger partial charge >= 0.3 is 0 Å². The van der Waals surface area contributed by atoms with Crippen molar-refractivity contribution in [1.82, 2.24) is 4.98 Å². The lowest BCUT2D eigenvalue weighted by Gasteiger charge is -2.14. The third kappa shape index (κ3) is 3.30. The van der Waals surface area contributed by atoms with Gasteiger partial charge in [0.1, 0.15) is 12.9 Å². The number of carbonyl (C=O) groups is 1. The van der Waals surface area contributed by atoms with Gasteiger partial charge in [-0.3, -0.25) is 9.59 Å². The van der Waals surface area contributed by atoms with Crippen molar-refractivity contribution >= 4 is 28.1 Å². The second-order valence-electron chi connectivity index (χ2n) is 6.82. The minimum absolute atomic E-state index is 0.150. The lowest BCUT2D eigenvalue weighted by molar-refractivity contribution is -0.671. The molecule has 0 fully saturated rings. The molecule has 0 saturated carbocycles. The van der Waals surface area contributed by atoms with E-state index in [9.17, 15) is 9.59 Å². The summed E-state index contributed by atoms with van der Waals surface area (Å²) in [4.78, 5) is 28.8. The van der Waals surface area contributed by atoms with Gasteiger partial charge in [0.15, 0.2) is 18.2 Å². The maximum atomic E-state index is 13.4. The van der Waals surface area contributed by atoms with E-state index in [1.807, 2.05) is 61.3 Å². The molecule has 0 saturated heterocycles. The number of H-pyrrole nitrogens is 1. The van der Waals surface area contributed by atoms with Crippen molar-refractivity contribution in [2.24, 2.45) is 7.05 Å². The minimum Gasteiger partial charge on any atom is -0.341 e. The van der Waals surface area contributed by atoms with Gasteiger partial charge in [-0.25, -0.2) is 4.57 Å². The number of ketones is 1. The maximum Gasteiger partial charge on any atom is 0.257 e. The number of aryl methyl sites for hydroxylation is 2. The molecule has 4 aromatic rings. The van der Waals surface area contributed by atoms with Crippen molar-refractivity contribution in [2.45, 2.75) is 6.92 Å². The van der Waals surface area contributed by atoms with Crippen LogP contribution in [0.1, 0.15) is 21.5 Å². The number of benzene rings is 2. The smallest absolute Gasteiger partial charge is 0.257 e. The number of aromatic amines is 1. The molecule has 0 atom stereocenters. The van der Waals surface area contributed by atoms with E-state index in [0.717, 1.165) is 11.3 Å². The van der Waals surface area contributed by atoms with Crippen LogP contribution in [0, 0.1) is 6.92 Å². The van der Waals surface area contributed by atoms with Gasteiger partial charge in [0, 0.05) is 34.2 Å². The Kier molecular flexibility index (Phi) is 4.49. The molecule has 2 aromatic heterocycles. The minimum atomic E-state index is -0.235. The predicted octanol–water partition coefficient (Wildman–Crippen LogP) is 3.64. The number of aromatic nitrogens is 2. The highest BCUT2D eigenvalue weighted by Crippen LogP contribution is 2.27. The molecule has 4 rings (SSSR count). The number of carbonyl (C=O) groups excluding carboxylic acids is 1. The molecular formula is C23H20N3O2+. The predicted molar refractivity (Wildman–Crippen MR) is 110 cm³/mol. The highest BCUT2D eigenvalue weighted by Gasteiger charge is 2.20.